The van der Waals surface area contributed by atoms with Gasteiger partial charge >= 0.3 is 0 Å². The zero-order valence-corrected chi connectivity index (χ0v) is 16.8. The lowest BCUT2D eigenvalue weighted by Crippen LogP contribution is -2.35. The van der Waals surface area contributed by atoms with Crippen molar-refractivity contribution in [3.8, 4) is 22.8 Å². The molecule has 2 aromatic heterocycles. The van der Waals surface area contributed by atoms with Gasteiger partial charge in [0, 0.05) is 37.8 Å². The highest BCUT2D eigenvalue weighted by atomic mass is 32.2. The van der Waals surface area contributed by atoms with E-state index in [0.717, 1.165) is 59.1 Å². The average Bonchev–Trinajstić information content (AvgIpc) is 3.22. The van der Waals surface area contributed by atoms with E-state index in [2.05, 4.69) is 25.9 Å². The topological polar surface area (TPSA) is 80.3 Å². The molecule has 1 aromatic carbocycles. The standard InChI is InChI=1S/C21H20N4O3S/c1-29-21-23-17-6-7-25(11-15(17)20(26)24-21)10-13-2-4-16(22-9-13)14-3-5-18-19(8-14)28-12-27-18/h2-5,8-9H,6-7,10-12H2,1H3,(H,23,24,26). The van der Waals surface area contributed by atoms with Crippen LogP contribution < -0.4 is 15.0 Å². The molecule has 7 nitrogen and oxygen atoms in total. The molecule has 4 heterocycles. The maximum atomic E-state index is 12.4. The van der Waals surface area contributed by atoms with Crippen LogP contribution in [0.15, 0.2) is 46.5 Å². The first-order chi connectivity index (χ1) is 14.2. The second kappa shape index (κ2) is 7.53. The van der Waals surface area contributed by atoms with Crippen molar-refractivity contribution in [1.82, 2.24) is 19.9 Å². The zero-order valence-electron chi connectivity index (χ0n) is 16.0. The van der Waals surface area contributed by atoms with Crippen LogP contribution in [-0.4, -0.2) is 39.4 Å². The summed E-state index contributed by atoms with van der Waals surface area (Å²) in [4.78, 5) is 26.6. The van der Waals surface area contributed by atoms with E-state index in [4.69, 9.17) is 9.47 Å². The van der Waals surface area contributed by atoms with Crippen LogP contribution in [0.25, 0.3) is 11.3 Å². The Bertz CT molecular complexity index is 1110. The maximum Gasteiger partial charge on any atom is 0.256 e. The summed E-state index contributed by atoms with van der Waals surface area (Å²) < 4.78 is 10.8. The Morgan fingerprint density at radius 1 is 1.21 bits per heavy atom. The van der Waals surface area contributed by atoms with Gasteiger partial charge in [0.25, 0.3) is 5.56 Å². The third-order valence-corrected chi connectivity index (χ3v) is 5.80. The normalized spacial score (nSPS) is 15.3. The fourth-order valence-corrected chi connectivity index (χ4v) is 4.09. The van der Waals surface area contributed by atoms with Crippen molar-refractivity contribution in [2.45, 2.75) is 24.7 Å². The number of benzene rings is 1. The highest BCUT2D eigenvalue weighted by molar-refractivity contribution is 7.98. The molecule has 0 atom stereocenters. The van der Waals surface area contributed by atoms with Gasteiger partial charge in [-0.3, -0.25) is 14.7 Å². The van der Waals surface area contributed by atoms with Gasteiger partial charge in [-0.1, -0.05) is 17.8 Å². The molecular weight excluding hydrogens is 388 g/mol. The number of aromatic nitrogens is 3. The molecule has 0 saturated heterocycles. The number of hydrogen-bond acceptors (Lipinski definition) is 7. The molecule has 0 spiro atoms. The molecule has 148 valence electrons. The molecule has 2 aliphatic heterocycles. The zero-order chi connectivity index (χ0) is 19.8. The molecule has 1 N–H and O–H groups in total. The predicted octanol–water partition coefficient (Wildman–Crippen LogP) is 2.84. The van der Waals surface area contributed by atoms with Crippen molar-refractivity contribution in [1.29, 1.82) is 0 Å². The number of aromatic amines is 1. The molecular formula is C21H20N4O3S. The molecule has 0 unspecified atom stereocenters. The molecule has 0 fully saturated rings. The lowest BCUT2D eigenvalue weighted by Gasteiger charge is -2.27. The smallest absolute Gasteiger partial charge is 0.256 e. The fourth-order valence-electron chi connectivity index (χ4n) is 3.69. The number of H-pyrrole nitrogens is 1. The Morgan fingerprint density at radius 2 is 2.10 bits per heavy atom. The van der Waals surface area contributed by atoms with Crippen molar-refractivity contribution in [2.75, 3.05) is 19.6 Å². The van der Waals surface area contributed by atoms with Gasteiger partial charge in [0.15, 0.2) is 16.7 Å². The van der Waals surface area contributed by atoms with E-state index in [1.165, 1.54) is 11.8 Å². The fraction of sp³-hybridized carbons (Fsp3) is 0.286. The van der Waals surface area contributed by atoms with Crippen LogP contribution in [0.4, 0.5) is 0 Å². The summed E-state index contributed by atoms with van der Waals surface area (Å²) in [5.74, 6) is 1.52. The molecule has 0 amide bonds. The van der Waals surface area contributed by atoms with E-state index in [-0.39, 0.29) is 12.4 Å². The summed E-state index contributed by atoms with van der Waals surface area (Å²) in [6, 6.07) is 9.95. The Kier molecular flexibility index (Phi) is 4.73. The van der Waals surface area contributed by atoms with Crippen LogP contribution in [0.5, 0.6) is 11.5 Å². The first kappa shape index (κ1) is 18.2. The van der Waals surface area contributed by atoms with Crippen LogP contribution in [0, 0.1) is 0 Å². The van der Waals surface area contributed by atoms with E-state index >= 15 is 0 Å². The number of hydrogen-bond donors (Lipinski definition) is 1. The molecule has 8 heteroatoms. The molecule has 0 radical (unpaired) electrons. The van der Waals surface area contributed by atoms with Crippen molar-refractivity contribution in [3.05, 3.63) is 63.7 Å². The van der Waals surface area contributed by atoms with Crippen LogP contribution in [0.2, 0.25) is 0 Å². The summed E-state index contributed by atoms with van der Waals surface area (Å²) >= 11 is 1.46. The maximum absolute atomic E-state index is 12.4. The molecule has 2 aliphatic rings. The summed E-state index contributed by atoms with van der Waals surface area (Å²) in [5, 5.41) is 0.686. The first-order valence-electron chi connectivity index (χ1n) is 9.43. The van der Waals surface area contributed by atoms with Gasteiger partial charge in [-0.2, -0.15) is 0 Å². The minimum Gasteiger partial charge on any atom is -0.454 e. The first-order valence-corrected chi connectivity index (χ1v) is 10.7. The number of pyridine rings is 1. The lowest BCUT2D eigenvalue weighted by molar-refractivity contribution is 0.174. The summed E-state index contributed by atoms with van der Waals surface area (Å²) in [7, 11) is 0. The van der Waals surface area contributed by atoms with E-state index in [1.807, 2.05) is 36.7 Å². The van der Waals surface area contributed by atoms with Gasteiger partial charge in [0.2, 0.25) is 6.79 Å². The second-order valence-electron chi connectivity index (χ2n) is 7.08. The molecule has 0 saturated carbocycles. The number of rotatable bonds is 4. The highest BCUT2D eigenvalue weighted by Crippen LogP contribution is 2.35. The van der Waals surface area contributed by atoms with Crippen molar-refractivity contribution < 1.29 is 9.47 Å². The van der Waals surface area contributed by atoms with E-state index in [0.29, 0.717) is 11.7 Å². The van der Waals surface area contributed by atoms with Gasteiger partial charge < -0.3 is 14.5 Å². The summed E-state index contributed by atoms with van der Waals surface area (Å²) in [6.07, 6.45) is 4.60. The minimum absolute atomic E-state index is 0.0275. The Balaban J connectivity index is 1.30. The van der Waals surface area contributed by atoms with Crippen molar-refractivity contribution in [2.24, 2.45) is 0 Å². The largest absolute Gasteiger partial charge is 0.454 e. The van der Waals surface area contributed by atoms with Crippen molar-refractivity contribution in [3.63, 3.8) is 0 Å². The third-order valence-electron chi connectivity index (χ3n) is 5.22. The van der Waals surface area contributed by atoms with Gasteiger partial charge in [0.1, 0.15) is 0 Å². The van der Waals surface area contributed by atoms with Crippen LogP contribution in [0.1, 0.15) is 16.8 Å². The minimum atomic E-state index is -0.0275. The number of nitrogens with one attached hydrogen (secondary N) is 1. The van der Waals surface area contributed by atoms with Crippen LogP contribution >= 0.6 is 11.8 Å². The number of fused-ring (bicyclic) bond motifs is 2. The second-order valence-corrected chi connectivity index (χ2v) is 7.88. The van der Waals surface area contributed by atoms with E-state index < -0.39 is 0 Å². The summed E-state index contributed by atoms with van der Waals surface area (Å²) in [5.41, 5.74) is 4.67. The van der Waals surface area contributed by atoms with E-state index in [1.54, 1.807) is 0 Å². The number of ether oxygens (including phenoxy) is 2. The monoisotopic (exact) mass is 408 g/mol. The van der Waals surface area contributed by atoms with Gasteiger partial charge in [-0.05, 0) is 36.1 Å². The Labute approximate surface area is 172 Å². The molecule has 5 rings (SSSR count). The van der Waals surface area contributed by atoms with E-state index in [9.17, 15) is 4.79 Å². The molecule has 0 bridgehead atoms. The third kappa shape index (κ3) is 3.61. The lowest BCUT2D eigenvalue weighted by atomic mass is 10.1. The Morgan fingerprint density at radius 3 is 2.93 bits per heavy atom. The van der Waals surface area contributed by atoms with Crippen LogP contribution in [0.3, 0.4) is 0 Å². The van der Waals surface area contributed by atoms with Gasteiger partial charge in [0.05, 0.1) is 17.0 Å². The highest BCUT2D eigenvalue weighted by Gasteiger charge is 2.21. The summed E-state index contributed by atoms with van der Waals surface area (Å²) in [6.45, 7) is 2.50. The Hall–Kier alpha value is -2.84. The quantitative estimate of drug-likeness (QED) is 0.525. The van der Waals surface area contributed by atoms with Gasteiger partial charge in [-0.15, -0.1) is 0 Å². The predicted molar refractivity (Wildman–Crippen MR) is 110 cm³/mol. The molecule has 3 aromatic rings. The molecule has 29 heavy (non-hydrogen) atoms. The number of nitrogens with zero attached hydrogens (tertiary/aromatic N) is 3. The number of thioether (sulfide) groups is 1. The van der Waals surface area contributed by atoms with Gasteiger partial charge in [-0.25, -0.2) is 4.98 Å². The average molecular weight is 408 g/mol. The SMILES string of the molecule is CSc1nc2c(c(=O)[nH]1)CN(Cc1ccc(-c3ccc4c(c3)OCO4)nc1)CC2. The van der Waals surface area contributed by atoms with Crippen molar-refractivity contribution >= 4 is 11.8 Å². The molecule has 0 aliphatic carbocycles. The van der Waals surface area contributed by atoms with Crippen LogP contribution in [-0.2, 0) is 19.5 Å².